The standard InChI is InChI=1S/C25H29N3O6S2/c1-25(2,3)34-24(30)26-14-13-22(29)27-23-28(20-15-36(31,32)16-21(20)35-23)17-9-11-19(12-10-17)33-18-7-5-4-6-8-18/h4-12,20-21H,13-16H2,1-3H3,(H,26,30)/t20-,21-/m0/s1. The number of para-hydroxylation sites is 1. The number of rotatable bonds is 6. The first-order valence-electron chi connectivity index (χ1n) is 11.6. The summed E-state index contributed by atoms with van der Waals surface area (Å²) in [7, 11) is -3.17. The Morgan fingerprint density at radius 1 is 1.06 bits per heavy atom. The number of alkyl carbamates (subject to hydrolysis) is 1. The first-order chi connectivity index (χ1) is 17.0. The maximum atomic E-state index is 12.6. The fraction of sp³-hybridized carbons (Fsp3) is 0.400. The zero-order valence-corrected chi connectivity index (χ0v) is 22.0. The van der Waals surface area contributed by atoms with Gasteiger partial charge in [-0.1, -0.05) is 30.0 Å². The molecule has 2 heterocycles. The zero-order valence-electron chi connectivity index (χ0n) is 20.3. The van der Waals surface area contributed by atoms with Gasteiger partial charge in [0, 0.05) is 23.9 Å². The Bertz CT molecular complexity index is 1240. The van der Waals surface area contributed by atoms with Gasteiger partial charge in [0.15, 0.2) is 15.0 Å². The van der Waals surface area contributed by atoms with Gasteiger partial charge < -0.3 is 19.7 Å². The van der Waals surface area contributed by atoms with Gasteiger partial charge in [0.05, 0.1) is 17.5 Å². The number of ether oxygens (including phenoxy) is 2. The second-order valence-corrected chi connectivity index (χ2v) is 12.9. The van der Waals surface area contributed by atoms with Crippen LogP contribution in [-0.2, 0) is 19.4 Å². The molecule has 2 aliphatic heterocycles. The van der Waals surface area contributed by atoms with Crippen LogP contribution in [0.5, 0.6) is 11.5 Å². The highest BCUT2D eigenvalue weighted by molar-refractivity contribution is 8.16. The van der Waals surface area contributed by atoms with Crippen molar-refractivity contribution in [3.63, 3.8) is 0 Å². The van der Waals surface area contributed by atoms with Crippen LogP contribution in [0.25, 0.3) is 0 Å². The highest BCUT2D eigenvalue weighted by Gasteiger charge is 2.49. The number of fused-ring (bicyclic) bond motifs is 1. The lowest BCUT2D eigenvalue weighted by molar-refractivity contribution is -0.117. The van der Waals surface area contributed by atoms with E-state index in [-0.39, 0.29) is 35.8 Å². The maximum absolute atomic E-state index is 12.6. The molecule has 0 bridgehead atoms. The van der Waals surface area contributed by atoms with Gasteiger partial charge in [0.1, 0.15) is 17.1 Å². The van der Waals surface area contributed by atoms with Crippen LogP contribution >= 0.6 is 11.8 Å². The van der Waals surface area contributed by atoms with E-state index < -0.39 is 27.4 Å². The van der Waals surface area contributed by atoms with Crippen LogP contribution in [0.4, 0.5) is 10.5 Å². The van der Waals surface area contributed by atoms with Crippen LogP contribution in [-0.4, -0.2) is 60.5 Å². The fourth-order valence-electron chi connectivity index (χ4n) is 3.91. The molecule has 2 aliphatic rings. The van der Waals surface area contributed by atoms with Crippen LogP contribution in [0.3, 0.4) is 0 Å². The second-order valence-electron chi connectivity index (χ2n) is 9.55. The molecule has 2 fully saturated rings. The molecule has 0 saturated carbocycles. The molecule has 11 heteroatoms. The van der Waals surface area contributed by atoms with E-state index in [0.717, 1.165) is 5.69 Å². The smallest absolute Gasteiger partial charge is 0.407 e. The fourth-order valence-corrected chi connectivity index (χ4v) is 7.85. The zero-order chi connectivity index (χ0) is 25.9. The molecule has 1 N–H and O–H groups in total. The van der Waals surface area contributed by atoms with Gasteiger partial charge in [-0.05, 0) is 57.2 Å². The third-order valence-electron chi connectivity index (χ3n) is 5.39. The van der Waals surface area contributed by atoms with Crippen molar-refractivity contribution in [1.82, 2.24) is 5.32 Å². The summed E-state index contributed by atoms with van der Waals surface area (Å²) in [5, 5.41) is 2.80. The quantitative estimate of drug-likeness (QED) is 0.595. The minimum atomic E-state index is -3.17. The van der Waals surface area contributed by atoms with Crippen molar-refractivity contribution in [2.45, 2.75) is 44.1 Å². The summed E-state index contributed by atoms with van der Waals surface area (Å²) in [5.41, 5.74) is 0.0979. The van der Waals surface area contributed by atoms with E-state index in [1.807, 2.05) is 47.4 Å². The van der Waals surface area contributed by atoms with Crippen molar-refractivity contribution in [2.75, 3.05) is 23.0 Å². The Kier molecular flexibility index (Phi) is 7.60. The number of carbonyl (C=O) groups is 2. The molecular formula is C25H29N3O6S2. The van der Waals surface area contributed by atoms with Crippen molar-refractivity contribution in [2.24, 2.45) is 4.99 Å². The molecule has 0 aromatic heterocycles. The summed E-state index contributed by atoms with van der Waals surface area (Å²) in [5.74, 6) is 0.972. The lowest BCUT2D eigenvalue weighted by Crippen LogP contribution is -2.37. The Morgan fingerprint density at radius 3 is 2.39 bits per heavy atom. The predicted molar refractivity (Wildman–Crippen MR) is 141 cm³/mol. The molecular weight excluding hydrogens is 502 g/mol. The number of nitrogens with one attached hydrogen (secondary N) is 1. The molecule has 192 valence electrons. The van der Waals surface area contributed by atoms with Crippen LogP contribution in [0.15, 0.2) is 59.6 Å². The van der Waals surface area contributed by atoms with E-state index in [9.17, 15) is 18.0 Å². The number of carbonyl (C=O) groups excluding carboxylic acids is 2. The number of nitrogens with zero attached hydrogens (tertiary/aromatic N) is 2. The number of hydrogen-bond acceptors (Lipinski definition) is 7. The van der Waals surface area contributed by atoms with Gasteiger partial charge in [-0.25, -0.2) is 13.2 Å². The Labute approximate surface area is 215 Å². The summed E-state index contributed by atoms with van der Waals surface area (Å²) in [4.78, 5) is 30.5. The number of thioether (sulfide) groups is 1. The van der Waals surface area contributed by atoms with Gasteiger partial charge in [0.2, 0.25) is 5.91 Å². The third kappa shape index (κ3) is 6.79. The highest BCUT2D eigenvalue weighted by atomic mass is 32.2. The number of amidine groups is 1. The van der Waals surface area contributed by atoms with Crippen molar-refractivity contribution in [3.05, 3.63) is 54.6 Å². The molecule has 36 heavy (non-hydrogen) atoms. The van der Waals surface area contributed by atoms with Crippen molar-refractivity contribution in [3.8, 4) is 11.5 Å². The van der Waals surface area contributed by atoms with Crippen molar-refractivity contribution < 1.29 is 27.5 Å². The average molecular weight is 532 g/mol. The van der Waals surface area contributed by atoms with Crippen molar-refractivity contribution in [1.29, 1.82) is 0 Å². The summed E-state index contributed by atoms with van der Waals surface area (Å²) in [6.45, 7) is 5.36. The van der Waals surface area contributed by atoms with Crippen LogP contribution in [0, 0.1) is 0 Å². The average Bonchev–Trinajstić information content (AvgIpc) is 3.24. The number of anilines is 1. The molecule has 2 atom stereocenters. The van der Waals surface area contributed by atoms with E-state index in [1.165, 1.54) is 11.8 Å². The second kappa shape index (κ2) is 10.5. The Morgan fingerprint density at radius 2 is 1.72 bits per heavy atom. The topological polar surface area (TPSA) is 114 Å². The van der Waals surface area contributed by atoms with Gasteiger partial charge in [-0.15, -0.1) is 0 Å². The monoisotopic (exact) mass is 531 g/mol. The minimum Gasteiger partial charge on any atom is -0.457 e. The molecule has 0 unspecified atom stereocenters. The minimum absolute atomic E-state index is 0.000341. The lowest BCUT2D eigenvalue weighted by Gasteiger charge is -2.24. The predicted octanol–water partition coefficient (Wildman–Crippen LogP) is 4.00. The summed E-state index contributed by atoms with van der Waals surface area (Å²) < 4.78 is 35.6. The number of hydrogen-bond donors (Lipinski definition) is 1. The highest BCUT2D eigenvalue weighted by Crippen LogP contribution is 2.41. The molecule has 2 saturated heterocycles. The summed E-state index contributed by atoms with van der Waals surface area (Å²) in [6.07, 6.45) is -0.605. The van der Waals surface area contributed by atoms with E-state index in [2.05, 4.69) is 10.3 Å². The van der Waals surface area contributed by atoms with Crippen LogP contribution < -0.4 is 15.0 Å². The summed E-state index contributed by atoms with van der Waals surface area (Å²) in [6, 6.07) is 16.3. The van der Waals surface area contributed by atoms with E-state index >= 15 is 0 Å². The van der Waals surface area contributed by atoms with E-state index in [0.29, 0.717) is 16.7 Å². The van der Waals surface area contributed by atoms with Gasteiger partial charge in [-0.2, -0.15) is 4.99 Å². The maximum Gasteiger partial charge on any atom is 0.407 e. The van der Waals surface area contributed by atoms with Gasteiger partial charge in [0.25, 0.3) is 0 Å². The molecule has 2 aromatic carbocycles. The number of benzene rings is 2. The van der Waals surface area contributed by atoms with E-state index in [4.69, 9.17) is 9.47 Å². The number of amides is 2. The van der Waals surface area contributed by atoms with Gasteiger partial charge in [-0.3, -0.25) is 4.79 Å². The van der Waals surface area contributed by atoms with E-state index in [1.54, 1.807) is 32.9 Å². The largest absolute Gasteiger partial charge is 0.457 e. The van der Waals surface area contributed by atoms with Gasteiger partial charge >= 0.3 is 6.09 Å². The molecule has 2 amide bonds. The molecule has 9 nitrogen and oxygen atoms in total. The number of aliphatic imine (C=N–C) groups is 1. The summed E-state index contributed by atoms with van der Waals surface area (Å²) >= 11 is 1.30. The molecule has 0 radical (unpaired) electrons. The molecule has 4 rings (SSSR count). The Hall–Kier alpha value is -3.05. The SMILES string of the molecule is CC(C)(C)OC(=O)NCCC(=O)N=C1S[C@H]2CS(=O)(=O)C[C@@H]2N1c1ccc(Oc2ccccc2)cc1. The third-order valence-corrected chi connectivity index (χ3v) is 8.60. The molecule has 0 spiro atoms. The first-order valence-corrected chi connectivity index (χ1v) is 14.3. The Balaban J connectivity index is 1.47. The van der Waals surface area contributed by atoms with Crippen LogP contribution in [0.2, 0.25) is 0 Å². The number of sulfone groups is 1. The molecule has 0 aliphatic carbocycles. The first kappa shape index (κ1) is 26.0. The normalized spacial score (nSPS) is 21.8. The van der Waals surface area contributed by atoms with Crippen molar-refractivity contribution >= 4 is 44.5 Å². The van der Waals surface area contributed by atoms with Crippen LogP contribution in [0.1, 0.15) is 27.2 Å². The molecule has 2 aromatic rings. The lowest BCUT2D eigenvalue weighted by atomic mass is 10.2.